The highest BCUT2D eigenvalue weighted by molar-refractivity contribution is 7.11. The Bertz CT molecular complexity index is 861. The molecule has 2 heterocycles. The number of ether oxygens (including phenoxy) is 1. The molecule has 0 spiro atoms. The van der Waals surface area contributed by atoms with Crippen molar-refractivity contribution < 1.29 is 9.13 Å². The van der Waals surface area contributed by atoms with Gasteiger partial charge < -0.3 is 15.4 Å². The Kier molecular flexibility index (Phi) is 8.04. The van der Waals surface area contributed by atoms with Crippen molar-refractivity contribution >= 4 is 17.3 Å². The number of nitrogens with zero attached hydrogens (tertiary/aromatic N) is 3. The molecule has 1 aliphatic rings. The lowest BCUT2D eigenvalue weighted by molar-refractivity contribution is 0.198. The van der Waals surface area contributed by atoms with Crippen LogP contribution in [0.25, 0.3) is 0 Å². The zero-order chi connectivity index (χ0) is 21.5. The summed E-state index contributed by atoms with van der Waals surface area (Å²) in [7, 11) is 1.49. The maximum Gasteiger partial charge on any atom is 0.191 e. The smallest absolute Gasteiger partial charge is 0.191 e. The molecule has 164 valence electrons. The van der Waals surface area contributed by atoms with Gasteiger partial charge in [-0.2, -0.15) is 0 Å². The van der Waals surface area contributed by atoms with Crippen molar-refractivity contribution in [1.29, 1.82) is 0 Å². The molecule has 1 saturated heterocycles. The standard InChI is InChI=1S/C22H32FN5OS/c1-5-24-22(25-13-21-15(2)26-16(3)30-21)27-18-8-10-28(11-9-18)14-17-6-7-20(29-4)19(23)12-17/h6-7,12,18H,5,8-11,13-14H2,1-4H3,(H2,24,25,27). The number of rotatable bonds is 7. The molecular formula is C22H32FN5OS. The predicted molar refractivity (Wildman–Crippen MR) is 121 cm³/mol. The second kappa shape index (κ2) is 10.7. The van der Waals surface area contributed by atoms with Crippen LogP contribution in [0.2, 0.25) is 0 Å². The Morgan fingerprint density at radius 2 is 2.10 bits per heavy atom. The van der Waals surface area contributed by atoms with Gasteiger partial charge in [-0.3, -0.25) is 4.90 Å². The van der Waals surface area contributed by atoms with Gasteiger partial charge >= 0.3 is 0 Å². The number of aliphatic imine (C=N–C) groups is 1. The summed E-state index contributed by atoms with van der Waals surface area (Å²) in [6.07, 6.45) is 2.06. The van der Waals surface area contributed by atoms with Crippen LogP contribution in [-0.4, -0.2) is 48.6 Å². The molecular weight excluding hydrogens is 401 g/mol. The van der Waals surface area contributed by atoms with Gasteiger partial charge in [0.25, 0.3) is 0 Å². The minimum absolute atomic E-state index is 0.292. The van der Waals surface area contributed by atoms with Crippen molar-refractivity contribution in [2.75, 3.05) is 26.7 Å². The third-order valence-electron chi connectivity index (χ3n) is 5.28. The first-order valence-electron chi connectivity index (χ1n) is 10.5. The highest BCUT2D eigenvalue weighted by Gasteiger charge is 2.20. The van der Waals surface area contributed by atoms with E-state index in [1.54, 1.807) is 23.5 Å². The van der Waals surface area contributed by atoms with Crippen molar-refractivity contribution in [3.05, 3.63) is 45.2 Å². The number of halogens is 1. The van der Waals surface area contributed by atoms with Gasteiger partial charge in [0.1, 0.15) is 0 Å². The van der Waals surface area contributed by atoms with Gasteiger partial charge in [0.05, 0.1) is 24.4 Å². The van der Waals surface area contributed by atoms with E-state index in [2.05, 4.69) is 27.4 Å². The van der Waals surface area contributed by atoms with Crippen LogP contribution in [0.4, 0.5) is 4.39 Å². The molecule has 0 saturated carbocycles. The second-order valence-corrected chi connectivity index (χ2v) is 8.89. The summed E-state index contributed by atoms with van der Waals surface area (Å²) >= 11 is 1.71. The molecule has 6 nitrogen and oxygen atoms in total. The number of aryl methyl sites for hydroxylation is 2. The van der Waals surface area contributed by atoms with Crippen molar-refractivity contribution in [2.45, 2.75) is 52.7 Å². The van der Waals surface area contributed by atoms with E-state index in [0.717, 1.165) is 61.2 Å². The van der Waals surface area contributed by atoms with E-state index >= 15 is 0 Å². The second-order valence-electron chi connectivity index (χ2n) is 7.60. The molecule has 1 aliphatic heterocycles. The molecule has 1 aromatic carbocycles. The van der Waals surface area contributed by atoms with E-state index in [0.29, 0.717) is 18.3 Å². The number of piperidine rings is 1. The number of aromatic nitrogens is 1. The Morgan fingerprint density at radius 3 is 2.70 bits per heavy atom. The highest BCUT2D eigenvalue weighted by atomic mass is 32.1. The fourth-order valence-electron chi connectivity index (χ4n) is 3.69. The van der Waals surface area contributed by atoms with Crippen LogP contribution in [-0.2, 0) is 13.1 Å². The minimum Gasteiger partial charge on any atom is -0.494 e. The molecule has 0 radical (unpaired) electrons. The molecule has 0 aliphatic carbocycles. The van der Waals surface area contributed by atoms with E-state index in [1.165, 1.54) is 12.0 Å². The molecule has 8 heteroatoms. The molecule has 0 bridgehead atoms. The van der Waals surface area contributed by atoms with E-state index in [1.807, 2.05) is 19.9 Å². The zero-order valence-corrected chi connectivity index (χ0v) is 19.1. The first-order valence-corrected chi connectivity index (χ1v) is 11.3. The van der Waals surface area contributed by atoms with Crippen LogP contribution in [0.15, 0.2) is 23.2 Å². The van der Waals surface area contributed by atoms with Gasteiger partial charge in [0.15, 0.2) is 17.5 Å². The highest BCUT2D eigenvalue weighted by Crippen LogP contribution is 2.21. The zero-order valence-electron chi connectivity index (χ0n) is 18.3. The average molecular weight is 434 g/mol. The Hall–Kier alpha value is -2.19. The summed E-state index contributed by atoms with van der Waals surface area (Å²) in [6, 6.07) is 5.59. The quantitative estimate of drug-likeness (QED) is 0.516. The topological polar surface area (TPSA) is 61.8 Å². The molecule has 0 amide bonds. The molecule has 1 fully saturated rings. The van der Waals surface area contributed by atoms with Crippen molar-refractivity contribution in [3.8, 4) is 5.75 Å². The number of benzene rings is 1. The maximum absolute atomic E-state index is 13.9. The van der Waals surface area contributed by atoms with Gasteiger partial charge in [0.2, 0.25) is 0 Å². The third-order valence-corrected chi connectivity index (χ3v) is 6.33. The summed E-state index contributed by atoms with van der Waals surface area (Å²) in [5, 5.41) is 8.02. The molecule has 3 rings (SSSR count). The number of hydrogen-bond donors (Lipinski definition) is 2. The SMILES string of the molecule is CCNC(=NCc1sc(C)nc1C)NC1CCN(Cc2ccc(OC)c(F)c2)CC1. The Labute approximate surface area is 182 Å². The van der Waals surface area contributed by atoms with E-state index in [9.17, 15) is 4.39 Å². The molecule has 30 heavy (non-hydrogen) atoms. The number of thiazole rings is 1. The third kappa shape index (κ3) is 6.15. The van der Waals surface area contributed by atoms with Crippen LogP contribution in [0.1, 0.15) is 40.9 Å². The fraction of sp³-hybridized carbons (Fsp3) is 0.545. The first-order chi connectivity index (χ1) is 14.5. The number of nitrogens with one attached hydrogen (secondary N) is 2. The van der Waals surface area contributed by atoms with Crippen molar-refractivity contribution in [1.82, 2.24) is 20.5 Å². The van der Waals surface area contributed by atoms with Crippen LogP contribution in [0.3, 0.4) is 0 Å². The maximum atomic E-state index is 13.9. The van der Waals surface area contributed by atoms with E-state index < -0.39 is 0 Å². The normalized spacial score (nSPS) is 16.0. The van der Waals surface area contributed by atoms with Crippen molar-refractivity contribution in [3.63, 3.8) is 0 Å². The van der Waals surface area contributed by atoms with Crippen molar-refractivity contribution in [2.24, 2.45) is 4.99 Å². The van der Waals surface area contributed by atoms with Gasteiger partial charge in [-0.1, -0.05) is 6.07 Å². The number of likely N-dealkylation sites (tertiary alicyclic amines) is 1. The average Bonchev–Trinajstić information content (AvgIpc) is 3.05. The minimum atomic E-state index is -0.301. The summed E-state index contributed by atoms with van der Waals surface area (Å²) in [6.45, 7) is 10.3. The van der Waals surface area contributed by atoms with Gasteiger partial charge in [0, 0.05) is 37.1 Å². The lowest BCUT2D eigenvalue weighted by Crippen LogP contribution is -2.48. The predicted octanol–water partition coefficient (Wildman–Crippen LogP) is 3.63. The lowest BCUT2D eigenvalue weighted by atomic mass is 10.0. The monoisotopic (exact) mass is 433 g/mol. The molecule has 0 atom stereocenters. The van der Waals surface area contributed by atoms with Gasteiger partial charge in [-0.25, -0.2) is 14.4 Å². The van der Waals surface area contributed by atoms with Crippen LogP contribution in [0.5, 0.6) is 5.75 Å². The van der Waals surface area contributed by atoms with Gasteiger partial charge in [-0.05, 0) is 51.3 Å². The Morgan fingerprint density at radius 1 is 1.33 bits per heavy atom. The molecule has 2 aromatic rings. The van der Waals surface area contributed by atoms with Crippen LogP contribution >= 0.6 is 11.3 Å². The summed E-state index contributed by atoms with van der Waals surface area (Å²) in [5.41, 5.74) is 2.05. The summed E-state index contributed by atoms with van der Waals surface area (Å²) in [5.74, 6) is 0.851. The lowest BCUT2D eigenvalue weighted by Gasteiger charge is -2.33. The van der Waals surface area contributed by atoms with E-state index in [-0.39, 0.29) is 5.82 Å². The Balaban J connectivity index is 1.51. The van der Waals surface area contributed by atoms with Gasteiger partial charge in [-0.15, -0.1) is 11.3 Å². The molecule has 1 aromatic heterocycles. The number of methoxy groups -OCH3 is 1. The summed E-state index contributed by atoms with van der Waals surface area (Å²) in [4.78, 5) is 12.8. The first kappa shape index (κ1) is 22.5. The van der Waals surface area contributed by atoms with Crippen LogP contribution < -0.4 is 15.4 Å². The number of hydrogen-bond acceptors (Lipinski definition) is 5. The molecule has 0 unspecified atom stereocenters. The van der Waals surface area contributed by atoms with Crippen LogP contribution in [0, 0.1) is 19.7 Å². The van der Waals surface area contributed by atoms with E-state index in [4.69, 9.17) is 9.73 Å². The summed E-state index contributed by atoms with van der Waals surface area (Å²) < 4.78 is 18.9. The number of guanidine groups is 1. The molecule has 2 N–H and O–H groups in total. The fourth-order valence-corrected chi connectivity index (χ4v) is 4.55. The largest absolute Gasteiger partial charge is 0.494 e.